The second-order valence-electron chi connectivity index (χ2n) is 9.59. The molecular formula is C25H32N6O2S. The molecule has 34 heavy (non-hydrogen) atoms. The highest BCUT2D eigenvalue weighted by Crippen LogP contribution is 2.30. The second-order valence-corrected chi connectivity index (χ2v) is 10.5. The third kappa shape index (κ3) is 4.58. The molecule has 2 saturated heterocycles. The van der Waals surface area contributed by atoms with E-state index in [0.29, 0.717) is 23.2 Å². The number of hydrogen-bond donors (Lipinski definition) is 0. The van der Waals surface area contributed by atoms with Gasteiger partial charge in [-0.2, -0.15) is 9.61 Å². The summed E-state index contributed by atoms with van der Waals surface area (Å²) in [5.74, 6) is 0.818. The first kappa shape index (κ1) is 23.0. The molecule has 0 saturated carbocycles. The number of benzene rings is 1. The maximum atomic E-state index is 13.1. The van der Waals surface area contributed by atoms with Gasteiger partial charge in [-0.1, -0.05) is 35.6 Å². The fourth-order valence-corrected chi connectivity index (χ4v) is 6.12. The lowest BCUT2D eigenvalue weighted by atomic mass is 10.0. The van der Waals surface area contributed by atoms with Crippen molar-refractivity contribution in [2.45, 2.75) is 77.3 Å². The number of carbonyl (C=O) groups is 2. The molecule has 0 N–H and O–H groups in total. The van der Waals surface area contributed by atoms with Crippen molar-refractivity contribution in [3.05, 3.63) is 35.7 Å². The van der Waals surface area contributed by atoms with Crippen LogP contribution in [0, 0.1) is 0 Å². The van der Waals surface area contributed by atoms with Crippen LogP contribution in [0.1, 0.15) is 63.8 Å². The maximum absolute atomic E-state index is 13.1. The number of hydrogen-bond acceptors (Lipinski definition) is 6. The Labute approximate surface area is 204 Å². The van der Waals surface area contributed by atoms with Crippen molar-refractivity contribution >= 4 is 28.1 Å². The van der Waals surface area contributed by atoms with Crippen LogP contribution in [-0.2, 0) is 22.4 Å². The first-order valence-corrected chi connectivity index (χ1v) is 13.2. The van der Waals surface area contributed by atoms with E-state index in [0.717, 1.165) is 54.9 Å². The number of fused-ring (bicyclic) bond motifs is 1. The summed E-state index contributed by atoms with van der Waals surface area (Å²) in [4.78, 5) is 30.6. The Morgan fingerprint density at radius 3 is 2.24 bits per heavy atom. The fraction of sp³-hybridized carbons (Fsp3) is 0.560. The molecule has 0 spiro atoms. The molecule has 2 aliphatic rings. The zero-order valence-electron chi connectivity index (χ0n) is 19.9. The Morgan fingerprint density at radius 1 is 0.912 bits per heavy atom. The highest BCUT2D eigenvalue weighted by Gasteiger charge is 2.27. The predicted molar refractivity (Wildman–Crippen MR) is 132 cm³/mol. The normalized spacial score (nSPS) is 21.2. The van der Waals surface area contributed by atoms with Crippen LogP contribution in [0.5, 0.6) is 0 Å². The van der Waals surface area contributed by atoms with Gasteiger partial charge in [-0.3, -0.25) is 9.59 Å². The summed E-state index contributed by atoms with van der Waals surface area (Å²) in [6, 6.07) is 8.52. The average Bonchev–Trinajstić information content (AvgIpc) is 3.42. The molecule has 1 aromatic carbocycles. The third-order valence-electron chi connectivity index (χ3n) is 7.20. The number of rotatable bonds is 5. The first-order valence-electron chi connectivity index (χ1n) is 12.4. The number of piperidine rings is 2. The lowest BCUT2D eigenvalue weighted by molar-refractivity contribution is -0.134. The minimum Gasteiger partial charge on any atom is -0.340 e. The van der Waals surface area contributed by atoms with Crippen LogP contribution in [0.15, 0.2) is 24.3 Å². The minimum atomic E-state index is 0.0812. The van der Waals surface area contributed by atoms with Crippen LogP contribution in [0.25, 0.3) is 15.5 Å². The lowest BCUT2D eigenvalue weighted by Crippen LogP contribution is -2.43. The summed E-state index contributed by atoms with van der Waals surface area (Å²) in [5.41, 5.74) is 1.91. The van der Waals surface area contributed by atoms with Crippen molar-refractivity contribution < 1.29 is 9.59 Å². The van der Waals surface area contributed by atoms with E-state index in [1.165, 1.54) is 24.2 Å². The molecule has 2 atom stereocenters. The number of carbonyl (C=O) groups excluding carboxylic acids is 2. The lowest BCUT2D eigenvalue weighted by Gasteiger charge is -2.33. The van der Waals surface area contributed by atoms with Gasteiger partial charge in [0, 0.05) is 30.7 Å². The van der Waals surface area contributed by atoms with E-state index in [9.17, 15) is 9.59 Å². The molecule has 0 bridgehead atoms. The minimum absolute atomic E-state index is 0.0812. The Kier molecular flexibility index (Phi) is 6.63. The Morgan fingerprint density at radius 2 is 1.56 bits per heavy atom. The molecule has 180 valence electrons. The van der Waals surface area contributed by atoms with Crippen molar-refractivity contribution in [1.82, 2.24) is 29.6 Å². The molecule has 5 rings (SSSR count). The number of aromatic nitrogens is 4. The number of likely N-dealkylation sites (tertiary alicyclic amines) is 2. The van der Waals surface area contributed by atoms with E-state index in [1.54, 1.807) is 4.52 Å². The molecule has 2 aliphatic heterocycles. The summed E-state index contributed by atoms with van der Waals surface area (Å²) in [6.07, 6.45) is 7.17. The largest absolute Gasteiger partial charge is 0.340 e. The van der Waals surface area contributed by atoms with E-state index in [-0.39, 0.29) is 24.3 Å². The van der Waals surface area contributed by atoms with Gasteiger partial charge in [0.15, 0.2) is 5.82 Å². The van der Waals surface area contributed by atoms with Gasteiger partial charge in [-0.15, -0.1) is 10.2 Å². The maximum Gasteiger partial charge on any atom is 0.234 e. The summed E-state index contributed by atoms with van der Waals surface area (Å²) in [5, 5.41) is 14.1. The van der Waals surface area contributed by atoms with Crippen LogP contribution >= 0.6 is 11.3 Å². The summed E-state index contributed by atoms with van der Waals surface area (Å²) in [7, 11) is 0. The quantitative estimate of drug-likeness (QED) is 0.556. The third-order valence-corrected chi connectivity index (χ3v) is 8.13. The fourth-order valence-electron chi connectivity index (χ4n) is 5.20. The van der Waals surface area contributed by atoms with Gasteiger partial charge >= 0.3 is 0 Å². The van der Waals surface area contributed by atoms with Gasteiger partial charge in [0.25, 0.3) is 0 Å². The van der Waals surface area contributed by atoms with Crippen LogP contribution in [-0.4, -0.2) is 66.6 Å². The predicted octanol–water partition coefficient (Wildman–Crippen LogP) is 3.74. The van der Waals surface area contributed by atoms with Crippen molar-refractivity contribution in [1.29, 1.82) is 0 Å². The van der Waals surface area contributed by atoms with Gasteiger partial charge in [-0.05, 0) is 57.9 Å². The average molecular weight is 481 g/mol. The summed E-state index contributed by atoms with van der Waals surface area (Å²) in [6.45, 7) is 5.90. The Balaban J connectivity index is 1.37. The molecule has 3 aromatic rings. The Hall–Kier alpha value is -2.81. The van der Waals surface area contributed by atoms with Gasteiger partial charge in [-0.25, -0.2) is 0 Å². The van der Waals surface area contributed by atoms with E-state index in [1.807, 2.05) is 34.1 Å². The van der Waals surface area contributed by atoms with Crippen molar-refractivity contribution in [3.63, 3.8) is 0 Å². The molecular weight excluding hydrogens is 448 g/mol. The highest BCUT2D eigenvalue weighted by atomic mass is 32.1. The van der Waals surface area contributed by atoms with E-state index in [4.69, 9.17) is 5.10 Å². The summed E-state index contributed by atoms with van der Waals surface area (Å²) >= 11 is 1.44. The second kappa shape index (κ2) is 9.82. The first-order chi connectivity index (χ1) is 16.5. The van der Waals surface area contributed by atoms with Gasteiger partial charge in [0.05, 0.1) is 12.8 Å². The van der Waals surface area contributed by atoms with Crippen molar-refractivity contribution in [2.24, 2.45) is 0 Å². The zero-order chi connectivity index (χ0) is 23.7. The molecule has 2 fully saturated rings. The van der Waals surface area contributed by atoms with Crippen molar-refractivity contribution in [2.75, 3.05) is 13.1 Å². The molecule has 0 aliphatic carbocycles. The zero-order valence-corrected chi connectivity index (χ0v) is 20.8. The van der Waals surface area contributed by atoms with Crippen molar-refractivity contribution in [3.8, 4) is 10.6 Å². The van der Waals surface area contributed by atoms with Crippen LogP contribution < -0.4 is 0 Å². The topological polar surface area (TPSA) is 83.7 Å². The molecule has 9 heteroatoms. The highest BCUT2D eigenvalue weighted by molar-refractivity contribution is 7.19. The van der Waals surface area contributed by atoms with Gasteiger partial charge in [0.1, 0.15) is 5.01 Å². The number of nitrogens with zero attached hydrogens (tertiary/aromatic N) is 6. The SMILES string of the molecule is C[C@H]1CCCCN1C(=O)Cc1ccccc1-c1nn2c(CC(=O)N3CCCC[C@@H]3C)nnc2s1. The molecule has 8 nitrogen and oxygen atoms in total. The number of amides is 2. The van der Waals surface area contributed by atoms with Gasteiger partial charge in [0.2, 0.25) is 16.8 Å². The molecule has 2 aromatic heterocycles. The van der Waals surface area contributed by atoms with E-state index >= 15 is 0 Å². The van der Waals surface area contributed by atoms with E-state index in [2.05, 4.69) is 24.0 Å². The molecule has 0 radical (unpaired) electrons. The van der Waals surface area contributed by atoms with Crippen LogP contribution in [0.4, 0.5) is 0 Å². The molecule has 4 heterocycles. The monoisotopic (exact) mass is 480 g/mol. The standard InChI is InChI=1S/C25H32N6O2S/c1-17-9-5-7-13-29(17)22(32)15-19-11-3-4-12-20(19)24-28-31-21(26-27-25(31)34-24)16-23(33)30-14-8-6-10-18(30)2/h3-4,11-12,17-18H,5-10,13-16H2,1-2H3/t17-,18-/m0/s1. The van der Waals surface area contributed by atoms with Crippen LogP contribution in [0.2, 0.25) is 0 Å². The smallest absolute Gasteiger partial charge is 0.234 e. The molecule has 0 unspecified atom stereocenters. The summed E-state index contributed by atoms with van der Waals surface area (Å²) < 4.78 is 1.69. The van der Waals surface area contributed by atoms with Gasteiger partial charge < -0.3 is 9.80 Å². The van der Waals surface area contributed by atoms with E-state index < -0.39 is 0 Å². The van der Waals surface area contributed by atoms with Crippen LogP contribution in [0.3, 0.4) is 0 Å². The molecule has 2 amide bonds. The Bertz CT molecular complexity index is 1190.